The lowest BCUT2D eigenvalue weighted by Crippen LogP contribution is -2.55. The van der Waals surface area contributed by atoms with Gasteiger partial charge in [0.15, 0.2) is 0 Å². The summed E-state index contributed by atoms with van der Waals surface area (Å²) in [5.74, 6) is -1.43. The first-order valence-electron chi connectivity index (χ1n) is 14.9. The van der Waals surface area contributed by atoms with Crippen molar-refractivity contribution in [3.8, 4) is 10.9 Å². The molecule has 0 unspecified atom stereocenters. The normalized spacial score (nSPS) is 28.2. The molecule has 0 radical (unpaired) electrons. The zero-order valence-corrected chi connectivity index (χ0v) is 25.9. The van der Waals surface area contributed by atoms with E-state index in [-0.39, 0.29) is 24.8 Å². The Balaban J connectivity index is 1.29. The van der Waals surface area contributed by atoms with E-state index in [1.807, 2.05) is 48.6 Å². The number of halogens is 1. The molecule has 12 heteroatoms. The molecule has 2 fully saturated rings. The standard InChI is InChI=1S/C32H35ClN4O6S/c1-42-22-10-7-9-21(15-22)34-25-11-6-4-2-3-5-8-19-17-32(19,30(40)41)36-28(38)26-16-23(18-37(26)29(25)39)43-31-35-24-13-12-20(33)14-27(24)44-31/h5,7-10,12-15,19,23,25-26,34H,2-4,6,11,16-18H2,1H3,(H,36,38)(H,40,41)/b8-5-/t19-,23+,25-,26-,32+/m0/s1. The second-order valence-corrected chi connectivity index (χ2v) is 13.1. The van der Waals surface area contributed by atoms with Gasteiger partial charge in [0.25, 0.3) is 5.19 Å². The Hall–Kier alpha value is -3.83. The van der Waals surface area contributed by atoms with E-state index in [1.165, 1.54) is 11.3 Å². The van der Waals surface area contributed by atoms with Crippen LogP contribution in [0.25, 0.3) is 10.2 Å². The summed E-state index contributed by atoms with van der Waals surface area (Å²) in [6.07, 6.45) is 7.95. The SMILES string of the molecule is COc1cccc(N[C@H]2CCCCC/C=C\[C@H]3C[C@@]3(C(=O)O)NC(=O)[C@@H]3C[C@@H](Oc4nc5ccc(Cl)cc5s4)CN3C2=O)c1. The molecule has 0 bridgehead atoms. The van der Waals surface area contributed by atoms with Crippen molar-refractivity contribution < 1.29 is 29.0 Å². The third-order valence-corrected chi connectivity index (χ3v) is 9.77. The highest BCUT2D eigenvalue weighted by atomic mass is 35.5. The predicted octanol–water partition coefficient (Wildman–Crippen LogP) is 5.27. The molecule has 2 aromatic carbocycles. The predicted molar refractivity (Wildman–Crippen MR) is 168 cm³/mol. The molecule has 1 saturated carbocycles. The number of carbonyl (C=O) groups excluding carboxylic acids is 2. The second kappa shape index (κ2) is 12.6. The van der Waals surface area contributed by atoms with Gasteiger partial charge in [-0.25, -0.2) is 9.78 Å². The minimum atomic E-state index is -1.37. The Labute approximate surface area is 264 Å². The van der Waals surface area contributed by atoms with Crippen LogP contribution in [0, 0.1) is 5.92 Å². The summed E-state index contributed by atoms with van der Waals surface area (Å²) in [6.45, 7) is 0.160. The van der Waals surface area contributed by atoms with E-state index in [0.29, 0.717) is 28.8 Å². The third-order valence-electron chi connectivity index (χ3n) is 8.63. The van der Waals surface area contributed by atoms with Crippen LogP contribution in [0.15, 0.2) is 54.6 Å². The van der Waals surface area contributed by atoms with Crippen molar-refractivity contribution in [2.75, 3.05) is 19.0 Å². The number of ether oxygens (including phenoxy) is 2. The van der Waals surface area contributed by atoms with Crippen LogP contribution in [-0.4, -0.2) is 70.2 Å². The maximum absolute atomic E-state index is 14.3. The zero-order valence-electron chi connectivity index (χ0n) is 24.3. The van der Waals surface area contributed by atoms with Gasteiger partial charge in [0.2, 0.25) is 11.8 Å². The van der Waals surface area contributed by atoms with Crippen LogP contribution in [0.5, 0.6) is 10.9 Å². The summed E-state index contributed by atoms with van der Waals surface area (Å²) in [5, 5.41) is 17.3. The highest BCUT2D eigenvalue weighted by molar-refractivity contribution is 7.20. The molecule has 3 aromatic rings. The van der Waals surface area contributed by atoms with E-state index in [4.69, 9.17) is 21.1 Å². The van der Waals surface area contributed by atoms with Crippen LogP contribution < -0.4 is 20.1 Å². The molecule has 2 aliphatic heterocycles. The van der Waals surface area contributed by atoms with Crippen LogP contribution in [0.1, 0.15) is 44.9 Å². The van der Waals surface area contributed by atoms with E-state index in [2.05, 4.69) is 15.6 Å². The van der Waals surface area contributed by atoms with Gasteiger partial charge >= 0.3 is 5.97 Å². The molecule has 1 aliphatic carbocycles. The maximum Gasteiger partial charge on any atom is 0.330 e. The highest BCUT2D eigenvalue weighted by Gasteiger charge is 2.61. The van der Waals surface area contributed by atoms with Gasteiger partial charge in [-0.1, -0.05) is 54.0 Å². The third kappa shape index (κ3) is 6.34. The number of aromatic nitrogens is 1. The maximum atomic E-state index is 14.3. The van der Waals surface area contributed by atoms with Gasteiger partial charge < -0.3 is 30.1 Å². The first-order chi connectivity index (χ1) is 21.3. The number of rotatable bonds is 6. The number of aliphatic carboxylic acids is 1. The fraction of sp³-hybridized carbons (Fsp3) is 0.438. The van der Waals surface area contributed by atoms with Crippen LogP contribution in [0.2, 0.25) is 5.02 Å². The van der Waals surface area contributed by atoms with Crippen molar-refractivity contribution in [3.05, 3.63) is 59.6 Å². The molecule has 1 aromatic heterocycles. The van der Waals surface area contributed by atoms with Gasteiger partial charge in [0, 0.05) is 29.1 Å². The van der Waals surface area contributed by atoms with Crippen molar-refractivity contribution in [2.45, 2.75) is 68.7 Å². The van der Waals surface area contributed by atoms with Gasteiger partial charge in [-0.2, -0.15) is 0 Å². The number of carboxylic acids is 1. The summed E-state index contributed by atoms with van der Waals surface area (Å²) in [4.78, 5) is 46.6. The number of nitrogens with zero attached hydrogens (tertiary/aromatic N) is 2. The van der Waals surface area contributed by atoms with Crippen molar-refractivity contribution in [1.82, 2.24) is 15.2 Å². The quantitative estimate of drug-likeness (QED) is 0.312. The lowest BCUT2D eigenvalue weighted by atomic mass is 10.0. The Morgan fingerprint density at radius 2 is 2.07 bits per heavy atom. The minimum Gasteiger partial charge on any atom is -0.497 e. The topological polar surface area (TPSA) is 130 Å². The van der Waals surface area contributed by atoms with E-state index >= 15 is 0 Å². The molecule has 3 N–H and O–H groups in total. The molecule has 10 nitrogen and oxygen atoms in total. The molecule has 5 atom stereocenters. The summed E-state index contributed by atoms with van der Waals surface area (Å²) in [6, 6.07) is 11.3. The van der Waals surface area contributed by atoms with Crippen LogP contribution in [-0.2, 0) is 14.4 Å². The summed E-state index contributed by atoms with van der Waals surface area (Å²) in [7, 11) is 1.59. The number of methoxy groups -OCH3 is 1. The Morgan fingerprint density at radius 3 is 2.89 bits per heavy atom. The Bertz CT molecular complexity index is 1600. The second-order valence-electron chi connectivity index (χ2n) is 11.6. The van der Waals surface area contributed by atoms with Gasteiger partial charge in [0.1, 0.15) is 29.5 Å². The number of allylic oxidation sites excluding steroid dienone is 1. The largest absolute Gasteiger partial charge is 0.497 e. The lowest BCUT2D eigenvalue weighted by molar-refractivity contribution is -0.145. The number of anilines is 1. The molecule has 1 saturated heterocycles. The lowest BCUT2D eigenvalue weighted by Gasteiger charge is -2.30. The molecule has 44 heavy (non-hydrogen) atoms. The summed E-state index contributed by atoms with van der Waals surface area (Å²) < 4.78 is 12.5. The average molecular weight is 639 g/mol. The smallest absolute Gasteiger partial charge is 0.330 e. The average Bonchev–Trinajstić information content (AvgIpc) is 3.32. The molecule has 232 valence electrons. The van der Waals surface area contributed by atoms with Gasteiger partial charge in [-0.15, -0.1) is 0 Å². The number of amides is 2. The zero-order chi connectivity index (χ0) is 30.8. The molecular weight excluding hydrogens is 604 g/mol. The Kier molecular flexibility index (Phi) is 8.68. The monoisotopic (exact) mass is 638 g/mol. The van der Waals surface area contributed by atoms with E-state index in [1.54, 1.807) is 18.1 Å². The molecular formula is C32H35ClN4O6S. The van der Waals surface area contributed by atoms with Gasteiger partial charge in [0.05, 0.1) is 23.9 Å². The Morgan fingerprint density at radius 1 is 1.20 bits per heavy atom. The fourth-order valence-corrected chi connectivity index (χ4v) is 7.29. The number of hydrogen-bond donors (Lipinski definition) is 3. The number of nitrogens with one attached hydrogen (secondary N) is 2. The summed E-state index contributed by atoms with van der Waals surface area (Å²) in [5.41, 5.74) is 0.108. The van der Waals surface area contributed by atoms with E-state index in [9.17, 15) is 19.5 Å². The number of fused-ring (bicyclic) bond motifs is 3. The molecule has 6 rings (SSSR count). The molecule has 3 heterocycles. The molecule has 3 aliphatic rings. The number of hydrogen-bond acceptors (Lipinski definition) is 8. The number of carboxylic acid groups (broad SMARTS) is 1. The number of thiazole rings is 1. The van der Waals surface area contributed by atoms with Crippen molar-refractivity contribution in [1.29, 1.82) is 0 Å². The number of benzene rings is 2. The van der Waals surface area contributed by atoms with E-state index < -0.39 is 35.6 Å². The van der Waals surface area contributed by atoms with Crippen molar-refractivity contribution >= 4 is 56.6 Å². The number of carbonyl (C=O) groups is 3. The van der Waals surface area contributed by atoms with Crippen LogP contribution in [0.3, 0.4) is 0 Å². The van der Waals surface area contributed by atoms with Crippen molar-refractivity contribution in [3.63, 3.8) is 0 Å². The summed E-state index contributed by atoms with van der Waals surface area (Å²) >= 11 is 7.50. The van der Waals surface area contributed by atoms with Gasteiger partial charge in [-0.05, 0) is 56.0 Å². The van der Waals surface area contributed by atoms with Gasteiger partial charge in [-0.3, -0.25) is 9.59 Å². The minimum absolute atomic E-state index is 0.160. The molecule has 2 amide bonds. The van der Waals surface area contributed by atoms with E-state index in [0.717, 1.165) is 41.6 Å². The molecule has 0 spiro atoms. The fourth-order valence-electron chi connectivity index (χ4n) is 6.13. The first-order valence-corrected chi connectivity index (χ1v) is 16.1. The van der Waals surface area contributed by atoms with Crippen LogP contribution >= 0.6 is 22.9 Å². The van der Waals surface area contributed by atoms with Crippen LogP contribution in [0.4, 0.5) is 5.69 Å². The first kappa shape index (κ1) is 30.2. The highest BCUT2D eigenvalue weighted by Crippen LogP contribution is 2.45. The van der Waals surface area contributed by atoms with Crippen molar-refractivity contribution in [2.24, 2.45) is 5.92 Å².